The van der Waals surface area contributed by atoms with E-state index in [1.165, 1.54) is 0 Å². The first-order chi connectivity index (χ1) is 7.12. The summed E-state index contributed by atoms with van der Waals surface area (Å²) < 4.78 is 5.02. The molecule has 5 nitrogen and oxygen atoms in total. The van der Waals surface area contributed by atoms with Gasteiger partial charge in [-0.05, 0) is 20.8 Å². The predicted octanol–water partition coefficient (Wildman–Crippen LogP) is 1.10. The molecule has 0 aromatic heterocycles. The van der Waals surface area contributed by atoms with Crippen LogP contribution in [0.1, 0.15) is 34.6 Å². The van der Waals surface area contributed by atoms with Gasteiger partial charge in [0.05, 0.1) is 12.6 Å². The molecule has 0 fully saturated rings. The molecule has 0 saturated heterocycles. The van der Waals surface area contributed by atoms with E-state index in [4.69, 9.17) is 9.84 Å². The zero-order valence-electron chi connectivity index (χ0n) is 10.5. The maximum atomic E-state index is 11.4. The van der Waals surface area contributed by atoms with E-state index in [1.54, 1.807) is 34.6 Å². The number of amides is 1. The summed E-state index contributed by atoms with van der Waals surface area (Å²) in [7, 11) is 0. The van der Waals surface area contributed by atoms with Crippen LogP contribution < -0.4 is 5.32 Å². The van der Waals surface area contributed by atoms with E-state index >= 15 is 0 Å². The third-order valence-corrected chi connectivity index (χ3v) is 2.06. The molecule has 0 rings (SSSR count). The number of alkyl carbamates (subject to hydrolysis) is 1. The smallest absolute Gasteiger partial charge is 0.408 e. The molecule has 0 radical (unpaired) electrons. The Bertz CT molecular complexity index is 255. The van der Waals surface area contributed by atoms with E-state index in [1.807, 2.05) is 0 Å². The Morgan fingerprint density at radius 1 is 1.38 bits per heavy atom. The number of rotatable bonds is 4. The van der Waals surface area contributed by atoms with E-state index in [0.717, 1.165) is 0 Å². The molecular formula is C11H21NO4. The molecule has 0 aliphatic carbocycles. The molecule has 1 unspecified atom stereocenters. The second kappa shape index (κ2) is 5.30. The summed E-state index contributed by atoms with van der Waals surface area (Å²) in [5.74, 6) is 0. The van der Waals surface area contributed by atoms with E-state index < -0.39 is 23.2 Å². The van der Waals surface area contributed by atoms with Crippen LogP contribution >= 0.6 is 0 Å². The van der Waals surface area contributed by atoms with Crippen molar-refractivity contribution in [3.8, 4) is 0 Å². The highest BCUT2D eigenvalue weighted by atomic mass is 16.6. The summed E-state index contributed by atoms with van der Waals surface area (Å²) in [5.41, 5.74) is -1.32. The first-order valence-electron chi connectivity index (χ1n) is 5.18. The Hall–Kier alpha value is -1.10. The van der Waals surface area contributed by atoms with Gasteiger partial charge in [-0.15, -0.1) is 0 Å². The second-order valence-corrected chi connectivity index (χ2v) is 5.41. The van der Waals surface area contributed by atoms with Crippen molar-refractivity contribution in [1.82, 2.24) is 5.32 Å². The number of aliphatic hydroxyl groups is 1. The van der Waals surface area contributed by atoms with Crippen molar-refractivity contribution in [2.75, 3.05) is 6.61 Å². The van der Waals surface area contributed by atoms with Crippen LogP contribution in [0.3, 0.4) is 0 Å². The summed E-state index contributed by atoms with van der Waals surface area (Å²) in [4.78, 5) is 22.2. The Labute approximate surface area is 96.2 Å². The average molecular weight is 231 g/mol. The molecular weight excluding hydrogens is 210 g/mol. The van der Waals surface area contributed by atoms with Crippen molar-refractivity contribution in [2.45, 2.75) is 46.3 Å². The summed E-state index contributed by atoms with van der Waals surface area (Å²) in [6, 6.07) is -0.771. The quantitative estimate of drug-likeness (QED) is 0.710. The van der Waals surface area contributed by atoms with Gasteiger partial charge in [0.2, 0.25) is 0 Å². The van der Waals surface area contributed by atoms with Gasteiger partial charge in [-0.1, -0.05) is 13.8 Å². The van der Waals surface area contributed by atoms with Crippen molar-refractivity contribution in [3.63, 3.8) is 0 Å². The number of carbonyl (C=O) groups is 2. The fourth-order valence-corrected chi connectivity index (χ4v) is 0.946. The van der Waals surface area contributed by atoms with Gasteiger partial charge >= 0.3 is 6.09 Å². The number of hydrogen-bond acceptors (Lipinski definition) is 4. The molecule has 16 heavy (non-hydrogen) atoms. The van der Waals surface area contributed by atoms with Gasteiger partial charge in [-0.3, -0.25) is 0 Å². The third kappa shape index (κ3) is 5.11. The van der Waals surface area contributed by atoms with E-state index in [-0.39, 0.29) is 6.61 Å². The number of carbonyl (C=O) groups excluding carboxylic acids is 2. The monoisotopic (exact) mass is 231 g/mol. The minimum Gasteiger partial charge on any atom is -0.444 e. The lowest BCUT2D eigenvalue weighted by Crippen LogP contribution is -2.49. The standard InChI is InChI=1S/C11H21NO4/c1-10(2,3)16-9(15)12-8(6-13)11(4,5)7-14/h6,8,14H,7H2,1-5H3,(H,12,15). The number of nitrogens with one attached hydrogen (secondary N) is 1. The molecule has 0 spiro atoms. The van der Waals surface area contributed by atoms with Gasteiger partial charge in [0, 0.05) is 5.41 Å². The van der Waals surface area contributed by atoms with Gasteiger partial charge in [0.1, 0.15) is 11.9 Å². The normalized spacial score (nSPS) is 14.1. The van der Waals surface area contributed by atoms with Crippen molar-refractivity contribution < 1.29 is 19.4 Å². The minimum absolute atomic E-state index is 0.202. The maximum Gasteiger partial charge on any atom is 0.408 e. The Morgan fingerprint density at radius 3 is 2.19 bits per heavy atom. The summed E-state index contributed by atoms with van der Waals surface area (Å²) >= 11 is 0. The lowest BCUT2D eigenvalue weighted by atomic mass is 9.86. The number of hydrogen-bond donors (Lipinski definition) is 2. The van der Waals surface area contributed by atoms with Gasteiger partial charge in [-0.25, -0.2) is 4.79 Å². The van der Waals surface area contributed by atoms with Crippen molar-refractivity contribution in [1.29, 1.82) is 0 Å². The molecule has 94 valence electrons. The zero-order chi connectivity index (χ0) is 13.0. The van der Waals surface area contributed by atoms with Crippen LogP contribution in [-0.4, -0.2) is 35.7 Å². The molecule has 0 aliphatic heterocycles. The third-order valence-electron chi connectivity index (χ3n) is 2.06. The van der Waals surface area contributed by atoms with E-state index in [9.17, 15) is 9.59 Å². The molecule has 0 bridgehead atoms. The lowest BCUT2D eigenvalue weighted by molar-refractivity contribution is -0.112. The van der Waals surface area contributed by atoms with Crippen LogP contribution in [0.4, 0.5) is 4.79 Å². The molecule has 1 amide bonds. The maximum absolute atomic E-state index is 11.4. The molecule has 0 aromatic rings. The lowest BCUT2D eigenvalue weighted by Gasteiger charge is -2.30. The highest BCUT2D eigenvalue weighted by Crippen LogP contribution is 2.18. The largest absolute Gasteiger partial charge is 0.444 e. The van der Waals surface area contributed by atoms with Gasteiger partial charge < -0.3 is 20.0 Å². The first kappa shape index (κ1) is 14.9. The van der Waals surface area contributed by atoms with Crippen LogP contribution in [-0.2, 0) is 9.53 Å². The number of ether oxygens (including phenoxy) is 1. The number of aldehydes is 1. The Balaban J connectivity index is 4.46. The van der Waals surface area contributed by atoms with E-state index in [0.29, 0.717) is 6.29 Å². The topological polar surface area (TPSA) is 75.6 Å². The summed E-state index contributed by atoms with van der Waals surface area (Å²) in [6.07, 6.45) is -0.0636. The Morgan fingerprint density at radius 2 is 1.88 bits per heavy atom. The van der Waals surface area contributed by atoms with Crippen LogP contribution in [0.5, 0.6) is 0 Å². The number of aliphatic hydroxyl groups excluding tert-OH is 1. The van der Waals surface area contributed by atoms with Crippen LogP contribution in [0, 0.1) is 5.41 Å². The fraction of sp³-hybridized carbons (Fsp3) is 0.818. The first-order valence-corrected chi connectivity index (χ1v) is 5.18. The van der Waals surface area contributed by atoms with E-state index in [2.05, 4.69) is 5.32 Å². The average Bonchev–Trinajstić information content (AvgIpc) is 2.11. The molecule has 0 saturated carbocycles. The highest BCUT2D eigenvalue weighted by molar-refractivity contribution is 5.74. The van der Waals surface area contributed by atoms with Crippen molar-refractivity contribution >= 4 is 12.4 Å². The molecule has 0 aliphatic rings. The molecule has 1 atom stereocenters. The van der Waals surface area contributed by atoms with Gasteiger partial charge in [0.25, 0.3) is 0 Å². The van der Waals surface area contributed by atoms with Crippen LogP contribution in [0.2, 0.25) is 0 Å². The summed E-state index contributed by atoms with van der Waals surface area (Å²) in [6.45, 7) is 8.37. The Kier molecular flexibility index (Phi) is 4.93. The molecule has 5 heteroatoms. The highest BCUT2D eigenvalue weighted by Gasteiger charge is 2.31. The second-order valence-electron chi connectivity index (χ2n) is 5.41. The van der Waals surface area contributed by atoms with Crippen LogP contribution in [0.15, 0.2) is 0 Å². The minimum atomic E-state index is -0.771. The molecule has 0 heterocycles. The predicted molar refractivity (Wildman–Crippen MR) is 60.1 cm³/mol. The van der Waals surface area contributed by atoms with Crippen molar-refractivity contribution in [3.05, 3.63) is 0 Å². The summed E-state index contributed by atoms with van der Waals surface area (Å²) in [5, 5.41) is 11.5. The fourth-order valence-electron chi connectivity index (χ4n) is 0.946. The molecule has 2 N–H and O–H groups in total. The molecule has 0 aromatic carbocycles. The zero-order valence-corrected chi connectivity index (χ0v) is 10.5. The van der Waals surface area contributed by atoms with Gasteiger partial charge in [-0.2, -0.15) is 0 Å². The van der Waals surface area contributed by atoms with Crippen LogP contribution in [0.25, 0.3) is 0 Å². The van der Waals surface area contributed by atoms with Crippen molar-refractivity contribution in [2.24, 2.45) is 5.41 Å². The van der Waals surface area contributed by atoms with Gasteiger partial charge in [0.15, 0.2) is 0 Å². The SMILES string of the molecule is CC(C)(C)OC(=O)NC(C=O)C(C)(C)CO.